The minimum absolute atomic E-state index is 0.690. The Labute approximate surface area is 120 Å². The van der Waals surface area contributed by atoms with Crippen molar-refractivity contribution in [2.45, 2.75) is 38.8 Å². The summed E-state index contributed by atoms with van der Waals surface area (Å²) in [6.45, 7) is 6.55. The maximum atomic E-state index is 4.55. The van der Waals surface area contributed by atoms with E-state index in [0.717, 1.165) is 24.8 Å². The summed E-state index contributed by atoms with van der Waals surface area (Å²) < 4.78 is 0. The van der Waals surface area contributed by atoms with Crippen LogP contribution >= 0.6 is 11.3 Å². The summed E-state index contributed by atoms with van der Waals surface area (Å²) in [5, 5.41) is 4.57. The quantitative estimate of drug-likeness (QED) is 0.777. The van der Waals surface area contributed by atoms with Gasteiger partial charge in [-0.05, 0) is 39.4 Å². The third kappa shape index (κ3) is 4.16. The molecule has 108 valence electrons. The van der Waals surface area contributed by atoms with Crippen LogP contribution in [-0.2, 0) is 6.54 Å². The van der Waals surface area contributed by atoms with E-state index in [2.05, 4.69) is 41.1 Å². The van der Waals surface area contributed by atoms with E-state index in [4.69, 9.17) is 0 Å². The zero-order chi connectivity index (χ0) is 13.7. The molecule has 0 aliphatic carbocycles. The van der Waals surface area contributed by atoms with Gasteiger partial charge in [-0.25, -0.2) is 4.98 Å². The van der Waals surface area contributed by atoms with Gasteiger partial charge in [-0.3, -0.25) is 0 Å². The predicted octanol–water partition coefficient (Wildman–Crippen LogP) is 2.17. The first-order valence-electron chi connectivity index (χ1n) is 7.27. The van der Waals surface area contributed by atoms with Gasteiger partial charge in [-0.1, -0.05) is 6.92 Å². The molecule has 1 N–H and O–H groups in total. The molecule has 1 fully saturated rings. The summed E-state index contributed by atoms with van der Waals surface area (Å²) in [6.07, 6.45) is 5.84. The second-order valence-electron chi connectivity index (χ2n) is 5.44. The fraction of sp³-hybridized carbons (Fsp3) is 0.786. The third-order valence-electron chi connectivity index (χ3n) is 3.75. The number of likely N-dealkylation sites (tertiary alicyclic amines) is 1. The van der Waals surface area contributed by atoms with Crippen LogP contribution in [-0.4, -0.2) is 49.7 Å². The molecule has 2 rings (SSSR count). The Balaban J connectivity index is 1.83. The lowest BCUT2D eigenvalue weighted by Gasteiger charge is -2.25. The number of anilines is 1. The fourth-order valence-electron chi connectivity index (χ4n) is 2.55. The SMILES string of the molecule is CCCNCc1cnc(N(C)CC2CCCN2C)s1. The first kappa shape index (κ1) is 14.8. The molecule has 1 aromatic rings. The van der Waals surface area contributed by atoms with Gasteiger partial charge in [0.25, 0.3) is 0 Å². The molecular formula is C14H26N4S. The lowest BCUT2D eigenvalue weighted by atomic mass is 10.2. The summed E-state index contributed by atoms with van der Waals surface area (Å²) in [4.78, 5) is 10.6. The van der Waals surface area contributed by atoms with Crippen molar-refractivity contribution in [3.05, 3.63) is 11.1 Å². The number of rotatable bonds is 7. The molecule has 1 aromatic heterocycles. The first-order chi connectivity index (χ1) is 9.20. The number of likely N-dealkylation sites (N-methyl/N-ethyl adjacent to an activating group) is 2. The van der Waals surface area contributed by atoms with E-state index >= 15 is 0 Å². The van der Waals surface area contributed by atoms with Gasteiger partial charge < -0.3 is 15.1 Å². The Morgan fingerprint density at radius 2 is 2.42 bits per heavy atom. The van der Waals surface area contributed by atoms with Crippen LogP contribution in [0.1, 0.15) is 31.1 Å². The van der Waals surface area contributed by atoms with Gasteiger partial charge >= 0.3 is 0 Å². The van der Waals surface area contributed by atoms with Gasteiger partial charge in [0.15, 0.2) is 5.13 Å². The van der Waals surface area contributed by atoms with Crippen molar-refractivity contribution in [2.24, 2.45) is 0 Å². The van der Waals surface area contributed by atoms with Crippen LogP contribution in [0.3, 0.4) is 0 Å². The average Bonchev–Trinajstić information content (AvgIpc) is 3.00. The van der Waals surface area contributed by atoms with E-state index in [0.29, 0.717) is 6.04 Å². The van der Waals surface area contributed by atoms with E-state index in [-0.39, 0.29) is 0 Å². The van der Waals surface area contributed by atoms with Gasteiger partial charge in [0.2, 0.25) is 0 Å². The number of thiazole rings is 1. The Morgan fingerprint density at radius 1 is 1.58 bits per heavy atom. The van der Waals surface area contributed by atoms with Crippen LogP contribution in [0, 0.1) is 0 Å². The Morgan fingerprint density at radius 3 is 3.11 bits per heavy atom. The van der Waals surface area contributed by atoms with E-state index < -0.39 is 0 Å². The van der Waals surface area contributed by atoms with Crippen LogP contribution < -0.4 is 10.2 Å². The van der Waals surface area contributed by atoms with E-state index in [9.17, 15) is 0 Å². The normalized spacial score (nSPS) is 20.1. The number of nitrogens with one attached hydrogen (secondary N) is 1. The maximum absolute atomic E-state index is 4.55. The lowest BCUT2D eigenvalue weighted by molar-refractivity contribution is 0.314. The van der Waals surface area contributed by atoms with Crippen LogP contribution in [0.25, 0.3) is 0 Å². The molecule has 0 saturated carbocycles. The van der Waals surface area contributed by atoms with Crippen LogP contribution in [0.4, 0.5) is 5.13 Å². The molecule has 1 unspecified atom stereocenters. The van der Waals surface area contributed by atoms with Crippen molar-refractivity contribution in [1.29, 1.82) is 0 Å². The largest absolute Gasteiger partial charge is 0.350 e. The third-order valence-corrected chi connectivity index (χ3v) is 4.86. The molecule has 2 heterocycles. The summed E-state index contributed by atoms with van der Waals surface area (Å²) in [7, 11) is 4.39. The molecule has 5 heteroatoms. The predicted molar refractivity (Wildman–Crippen MR) is 83.0 cm³/mol. The Bertz CT molecular complexity index is 379. The van der Waals surface area contributed by atoms with Gasteiger partial charge in [0, 0.05) is 37.3 Å². The fourth-order valence-corrected chi connectivity index (χ4v) is 3.40. The van der Waals surface area contributed by atoms with Gasteiger partial charge in [-0.2, -0.15) is 0 Å². The van der Waals surface area contributed by atoms with Crippen molar-refractivity contribution in [3.8, 4) is 0 Å². The zero-order valence-electron chi connectivity index (χ0n) is 12.4. The van der Waals surface area contributed by atoms with Crippen molar-refractivity contribution in [1.82, 2.24) is 15.2 Å². The number of hydrogen-bond acceptors (Lipinski definition) is 5. The molecule has 1 saturated heterocycles. The zero-order valence-corrected chi connectivity index (χ0v) is 13.2. The minimum atomic E-state index is 0.690. The van der Waals surface area contributed by atoms with Crippen LogP contribution in [0.5, 0.6) is 0 Å². The van der Waals surface area contributed by atoms with Crippen LogP contribution in [0.15, 0.2) is 6.20 Å². The number of aromatic nitrogens is 1. The summed E-state index contributed by atoms with van der Waals surface area (Å²) in [6, 6.07) is 0.690. The Hall–Kier alpha value is -0.650. The second kappa shape index (κ2) is 7.22. The van der Waals surface area contributed by atoms with E-state index in [1.165, 1.54) is 30.7 Å². The monoisotopic (exact) mass is 282 g/mol. The first-order valence-corrected chi connectivity index (χ1v) is 8.09. The highest BCUT2D eigenvalue weighted by atomic mass is 32.1. The van der Waals surface area contributed by atoms with E-state index in [1.54, 1.807) is 0 Å². The standard InChI is InChI=1S/C14H26N4S/c1-4-7-15-9-13-10-16-14(19-13)18(3)11-12-6-5-8-17(12)2/h10,12,15H,4-9,11H2,1-3H3. The van der Waals surface area contributed by atoms with Crippen molar-refractivity contribution in [2.75, 3.05) is 38.6 Å². The summed E-state index contributed by atoms with van der Waals surface area (Å²) in [5.41, 5.74) is 0. The van der Waals surface area contributed by atoms with Gasteiger partial charge in [-0.15, -0.1) is 11.3 Å². The minimum Gasteiger partial charge on any atom is -0.350 e. The second-order valence-corrected chi connectivity index (χ2v) is 6.54. The van der Waals surface area contributed by atoms with Gasteiger partial charge in [0.05, 0.1) is 0 Å². The highest BCUT2D eigenvalue weighted by Gasteiger charge is 2.22. The smallest absolute Gasteiger partial charge is 0.185 e. The highest BCUT2D eigenvalue weighted by Crippen LogP contribution is 2.23. The molecule has 1 aliphatic rings. The molecule has 0 spiro atoms. The molecule has 0 amide bonds. The molecular weight excluding hydrogens is 256 g/mol. The van der Waals surface area contributed by atoms with E-state index in [1.807, 2.05) is 17.5 Å². The van der Waals surface area contributed by atoms with Crippen molar-refractivity contribution < 1.29 is 0 Å². The average molecular weight is 282 g/mol. The summed E-state index contributed by atoms with van der Waals surface area (Å²) >= 11 is 1.81. The van der Waals surface area contributed by atoms with Gasteiger partial charge in [0.1, 0.15) is 0 Å². The maximum Gasteiger partial charge on any atom is 0.185 e. The molecule has 4 nitrogen and oxygen atoms in total. The van der Waals surface area contributed by atoms with Crippen LogP contribution in [0.2, 0.25) is 0 Å². The molecule has 19 heavy (non-hydrogen) atoms. The highest BCUT2D eigenvalue weighted by molar-refractivity contribution is 7.15. The van der Waals surface area contributed by atoms with Crippen molar-refractivity contribution in [3.63, 3.8) is 0 Å². The Kier molecular flexibility index (Phi) is 5.60. The molecule has 0 radical (unpaired) electrons. The molecule has 1 aliphatic heterocycles. The lowest BCUT2D eigenvalue weighted by Crippen LogP contribution is -2.36. The van der Waals surface area contributed by atoms with Crippen molar-refractivity contribution >= 4 is 16.5 Å². The summed E-state index contributed by atoms with van der Waals surface area (Å²) in [5.74, 6) is 0. The molecule has 0 bridgehead atoms. The molecule has 1 atom stereocenters. The number of hydrogen-bond donors (Lipinski definition) is 1. The molecule has 0 aromatic carbocycles. The number of nitrogens with zero attached hydrogens (tertiary/aromatic N) is 3. The topological polar surface area (TPSA) is 31.4 Å².